The van der Waals surface area contributed by atoms with Crippen molar-refractivity contribution in [2.75, 3.05) is 13.7 Å². The topological polar surface area (TPSA) is 66.2 Å². The maximum absolute atomic E-state index is 12.2. The first-order chi connectivity index (χ1) is 10.8. The average Bonchev–Trinajstić information content (AvgIpc) is 2.58. The van der Waals surface area contributed by atoms with Crippen molar-refractivity contribution >= 4 is 10.9 Å². The third kappa shape index (κ3) is 2.90. The Bertz CT molecular complexity index is 828. The molecule has 3 aromatic rings. The highest BCUT2D eigenvalue weighted by Crippen LogP contribution is 2.16. The van der Waals surface area contributed by atoms with Crippen LogP contribution in [0.4, 0.5) is 0 Å². The zero-order valence-corrected chi connectivity index (χ0v) is 12.1. The number of methoxy groups -OCH3 is 1. The molecular formula is C16H15N3O3. The van der Waals surface area contributed by atoms with Crippen LogP contribution >= 0.6 is 0 Å². The van der Waals surface area contributed by atoms with Crippen LogP contribution in [0.15, 0.2) is 53.3 Å². The Morgan fingerprint density at radius 1 is 1.05 bits per heavy atom. The van der Waals surface area contributed by atoms with Crippen molar-refractivity contribution in [3.05, 3.63) is 58.9 Å². The standard InChI is InChI=1S/C16H15N3O3/c1-21-12-6-8-13(9-7-12)22-11-10-19-16(20)14-4-2-3-5-15(14)17-18-19/h2-9H,10-11H2,1H3. The summed E-state index contributed by atoms with van der Waals surface area (Å²) in [5.74, 6) is 1.48. The van der Waals surface area contributed by atoms with Gasteiger partial charge in [-0.2, -0.15) is 0 Å². The molecule has 0 aliphatic rings. The van der Waals surface area contributed by atoms with Crippen LogP contribution in [0, 0.1) is 0 Å². The normalized spacial score (nSPS) is 10.6. The van der Waals surface area contributed by atoms with Gasteiger partial charge in [0.1, 0.15) is 23.6 Å². The van der Waals surface area contributed by atoms with Crippen molar-refractivity contribution in [1.29, 1.82) is 0 Å². The molecule has 0 saturated carbocycles. The summed E-state index contributed by atoms with van der Waals surface area (Å²) in [5.41, 5.74) is 0.434. The highest BCUT2D eigenvalue weighted by atomic mass is 16.5. The largest absolute Gasteiger partial charge is 0.497 e. The Labute approximate surface area is 126 Å². The summed E-state index contributed by atoms with van der Waals surface area (Å²) in [5, 5.41) is 8.51. The average molecular weight is 297 g/mol. The maximum atomic E-state index is 12.2. The summed E-state index contributed by atoms with van der Waals surface area (Å²) in [4.78, 5) is 12.2. The van der Waals surface area contributed by atoms with E-state index in [0.29, 0.717) is 29.8 Å². The van der Waals surface area contributed by atoms with Gasteiger partial charge in [0.05, 0.1) is 19.0 Å². The Balaban J connectivity index is 1.68. The third-order valence-electron chi connectivity index (χ3n) is 3.26. The minimum absolute atomic E-state index is 0.163. The van der Waals surface area contributed by atoms with E-state index in [0.717, 1.165) is 5.75 Å². The van der Waals surface area contributed by atoms with Crippen LogP contribution < -0.4 is 15.0 Å². The van der Waals surface area contributed by atoms with Gasteiger partial charge >= 0.3 is 0 Å². The molecule has 1 aromatic heterocycles. The molecule has 0 atom stereocenters. The molecule has 112 valence electrons. The first-order valence-corrected chi connectivity index (χ1v) is 6.87. The number of aromatic nitrogens is 3. The Morgan fingerprint density at radius 3 is 2.55 bits per heavy atom. The van der Waals surface area contributed by atoms with E-state index in [1.807, 2.05) is 36.4 Å². The second kappa shape index (κ2) is 6.26. The summed E-state index contributed by atoms with van der Waals surface area (Å²) >= 11 is 0. The van der Waals surface area contributed by atoms with Gasteiger partial charge in [-0.05, 0) is 36.4 Å². The Hall–Kier alpha value is -2.89. The lowest BCUT2D eigenvalue weighted by molar-refractivity contribution is 0.285. The first kappa shape index (κ1) is 14.1. The lowest BCUT2D eigenvalue weighted by Crippen LogP contribution is -2.26. The van der Waals surface area contributed by atoms with Crippen molar-refractivity contribution in [1.82, 2.24) is 15.0 Å². The van der Waals surface area contributed by atoms with Crippen LogP contribution in [-0.2, 0) is 6.54 Å². The number of benzene rings is 2. The zero-order chi connectivity index (χ0) is 15.4. The van der Waals surface area contributed by atoms with Crippen molar-refractivity contribution < 1.29 is 9.47 Å². The van der Waals surface area contributed by atoms with E-state index in [-0.39, 0.29) is 5.56 Å². The molecule has 1 heterocycles. The summed E-state index contributed by atoms with van der Waals surface area (Å²) in [6.45, 7) is 0.669. The second-order valence-electron chi connectivity index (χ2n) is 4.66. The summed E-state index contributed by atoms with van der Waals surface area (Å²) < 4.78 is 12.0. The fraction of sp³-hybridized carbons (Fsp3) is 0.188. The minimum Gasteiger partial charge on any atom is -0.497 e. The molecule has 22 heavy (non-hydrogen) atoms. The molecule has 0 fully saturated rings. The number of nitrogens with zero attached hydrogens (tertiary/aromatic N) is 3. The van der Waals surface area contributed by atoms with Gasteiger partial charge in [0.15, 0.2) is 0 Å². The van der Waals surface area contributed by atoms with E-state index in [4.69, 9.17) is 9.47 Å². The van der Waals surface area contributed by atoms with Crippen LogP contribution in [0.1, 0.15) is 0 Å². The number of hydrogen-bond donors (Lipinski definition) is 0. The van der Waals surface area contributed by atoms with E-state index in [2.05, 4.69) is 10.3 Å². The van der Waals surface area contributed by atoms with Gasteiger partial charge in [-0.15, -0.1) is 5.10 Å². The third-order valence-corrected chi connectivity index (χ3v) is 3.26. The molecule has 0 amide bonds. The molecule has 0 aliphatic heterocycles. The number of hydrogen-bond acceptors (Lipinski definition) is 5. The Morgan fingerprint density at radius 2 is 1.77 bits per heavy atom. The van der Waals surface area contributed by atoms with Crippen LogP contribution in [0.2, 0.25) is 0 Å². The van der Waals surface area contributed by atoms with E-state index >= 15 is 0 Å². The van der Waals surface area contributed by atoms with Crippen LogP contribution in [0.5, 0.6) is 11.5 Å². The quantitative estimate of drug-likeness (QED) is 0.719. The van der Waals surface area contributed by atoms with Crippen LogP contribution in [0.3, 0.4) is 0 Å². The van der Waals surface area contributed by atoms with Gasteiger partial charge in [-0.25, -0.2) is 4.68 Å². The molecule has 0 saturated heterocycles. The van der Waals surface area contributed by atoms with Crippen LogP contribution in [0.25, 0.3) is 10.9 Å². The smallest absolute Gasteiger partial charge is 0.277 e. The van der Waals surface area contributed by atoms with Crippen molar-refractivity contribution in [3.63, 3.8) is 0 Å². The molecule has 3 rings (SSSR count). The van der Waals surface area contributed by atoms with Gasteiger partial charge in [-0.1, -0.05) is 17.3 Å². The fourth-order valence-electron chi connectivity index (χ4n) is 2.09. The molecule has 0 aliphatic carbocycles. The van der Waals surface area contributed by atoms with E-state index in [1.54, 1.807) is 19.2 Å². The highest BCUT2D eigenvalue weighted by Gasteiger charge is 2.05. The summed E-state index contributed by atoms with van der Waals surface area (Å²) in [6, 6.07) is 14.4. The summed E-state index contributed by atoms with van der Waals surface area (Å²) in [6.07, 6.45) is 0. The predicted molar refractivity (Wildman–Crippen MR) is 82.3 cm³/mol. The second-order valence-corrected chi connectivity index (χ2v) is 4.66. The summed E-state index contributed by atoms with van der Waals surface area (Å²) in [7, 11) is 1.61. The number of rotatable bonds is 5. The van der Waals surface area contributed by atoms with E-state index < -0.39 is 0 Å². The van der Waals surface area contributed by atoms with Crippen LogP contribution in [-0.4, -0.2) is 28.7 Å². The van der Waals surface area contributed by atoms with Gasteiger partial charge in [0.2, 0.25) is 0 Å². The van der Waals surface area contributed by atoms with Crippen molar-refractivity contribution in [2.24, 2.45) is 0 Å². The molecule has 0 spiro atoms. The Kier molecular flexibility index (Phi) is 4.00. The lowest BCUT2D eigenvalue weighted by Gasteiger charge is -2.08. The fourth-order valence-corrected chi connectivity index (χ4v) is 2.09. The zero-order valence-electron chi connectivity index (χ0n) is 12.1. The molecule has 6 nitrogen and oxygen atoms in total. The number of ether oxygens (including phenoxy) is 2. The first-order valence-electron chi connectivity index (χ1n) is 6.87. The number of fused-ring (bicyclic) bond motifs is 1. The van der Waals surface area contributed by atoms with Gasteiger partial charge in [-0.3, -0.25) is 4.79 Å². The van der Waals surface area contributed by atoms with Gasteiger partial charge < -0.3 is 9.47 Å². The monoisotopic (exact) mass is 297 g/mol. The molecule has 6 heteroatoms. The maximum Gasteiger partial charge on any atom is 0.277 e. The minimum atomic E-state index is -0.163. The highest BCUT2D eigenvalue weighted by molar-refractivity contribution is 5.76. The lowest BCUT2D eigenvalue weighted by atomic mass is 10.2. The van der Waals surface area contributed by atoms with Crippen molar-refractivity contribution in [3.8, 4) is 11.5 Å². The van der Waals surface area contributed by atoms with Gasteiger partial charge in [0, 0.05) is 0 Å². The molecule has 0 N–H and O–H groups in total. The van der Waals surface area contributed by atoms with Crippen molar-refractivity contribution in [2.45, 2.75) is 6.54 Å². The molecular weight excluding hydrogens is 282 g/mol. The molecule has 0 bridgehead atoms. The molecule has 0 unspecified atom stereocenters. The SMILES string of the molecule is COc1ccc(OCCn2nnc3ccccc3c2=O)cc1. The predicted octanol–water partition coefficient (Wildman–Crippen LogP) is 1.88. The molecule has 0 radical (unpaired) electrons. The molecule has 2 aromatic carbocycles. The van der Waals surface area contributed by atoms with E-state index in [1.165, 1.54) is 4.68 Å². The van der Waals surface area contributed by atoms with E-state index in [9.17, 15) is 4.79 Å². The van der Waals surface area contributed by atoms with Gasteiger partial charge in [0.25, 0.3) is 5.56 Å².